The van der Waals surface area contributed by atoms with E-state index in [1.165, 1.54) is 0 Å². The lowest BCUT2D eigenvalue weighted by Gasteiger charge is -2.19. The van der Waals surface area contributed by atoms with Crippen LogP contribution >= 0.6 is 7.82 Å². The minimum atomic E-state index is -4.02. The largest absolute Gasteiger partial charge is 0.756 e. The van der Waals surface area contributed by atoms with E-state index in [9.17, 15) is 9.46 Å². The molecule has 0 fully saturated rings. The molecule has 5 nitrogen and oxygen atoms in total. The van der Waals surface area contributed by atoms with Crippen molar-refractivity contribution in [3.8, 4) is 0 Å². The lowest BCUT2D eigenvalue weighted by Crippen LogP contribution is -2.07. The van der Waals surface area contributed by atoms with E-state index in [2.05, 4.69) is 9.05 Å². The Labute approximate surface area is 85.0 Å². The Morgan fingerprint density at radius 1 is 1.21 bits per heavy atom. The summed E-state index contributed by atoms with van der Waals surface area (Å²) < 4.78 is 24.5. The van der Waals surface area contributed by atoms with Gasteiger partial charge in [0.25, 0.3) is 7.82 Å². The maximum atomic E-state index is 10.7. The summed E-state index contributed by atoms with van der Waals surface area (Å²) in [4.78, 5) is 10.7. The summed E-state index contributed by atoms with van der Waals surface area (Å²) in [5.41, 5.74) is 0. The molecule has 0 amide bonds. The minimum Gasteiger partial charge on any atom is -0.756 e. The molecule has 0 rings (SSSR count). The predicted octanol–water partition coefficient (Wildman–Crippen LogP) is 1.32. The first kappa shape index (κ1) is 14.1. The van der Waals surface area contributed by atoms with Crippen LogP contribution in [0.25, 0.3) is 0 Å². The maximum Gasteiger partial charge on any atom is 0.267 e. The molecule has 86 valence electrons. The van der Waals surface area contributed by atoms with Gasteiger partial charge in [0.2, 0.25) is 0 Å². The van der Waals surface area contributed by atoms with Crippen molar-refractivity contribution in [3.63, 3.8) is 0 Å². The molecule has 0 aliphatic carbocycles. The second kappa shape index (κ2) is 8.38. The Kier molecular flexibility index (Phi) is 8.43. The average Bonchev–Trinajstić information content (AvgIpc) is 2.16. The van der Waals surface area contributed by atoms with Crippen LogP contribution in [0.2, 0.25) is 0 Å². The van der Waals surface area contributed by atoms with Crippen molar-refractivity contribution in [2.75, 3.05) is 26.9 Å². The molecule has 0 aliphatic heterocycles. The van der Waals surface area contributed by atoms with Crippen molar-refractivity contribution < 1.29 is 23.2 Å². The Balaban J connectivity index is 3.17. The summed E-state index contributed by atoms with van der Waals surface area (Å²) in [5.74, 6) is 0. The van der Waals surface area contributed by atoms with Gasteiger partial charge >= 0.3 is 0 Å². The third-order valence-electron chi connectivity index (χ3n) is 1.61. The summed E-state index contributed by atoms with van der Waals surface area (Å²) in [7, 11) is -2.93. The smallest absolute Gasteiger partial charge is 0.267 e. The molecular formula is C8H18O5P-. The molecule has 0 radical (unpaired) electrons. The van der Waals surface area contributed by atoms with Crippen molar-refractivity contribution in [3.05, 3.63) is 0 Å². The van der Waals surface area contributed by atoms with Crippen LogP contribution in [0.15, 0.2) is 0 Å². The van der Waals surface area contributed by atoms with Gasteiger partial charge in [-0.1, -0.05) is 0 Å². The second-order valence-electron chi connectivity index (χ2n) is 2.72. The van der Waals surface area contributed by atoms with Gasteiger partial charge in [0.15, 0.2) is 0 Å². The quantitative estimate of drug-likeness (QED) is 0.437. The van der Waals surface area contributed by atoms with Gasteiger partial charge in [0.1, 0.15) is 0 Å². The Hall–Kier alpha value is 0.0700. The summed E-state index contributed by atoms with van der Waals surface area (Å²) in [6.07, 6.45) is 2.51. The number of rotatable bonds is 9. The molecule has 0 heterocycles. The molecule has 0 saturated carbocycles. The van der Waals surface area contributed by atoms with E-state index < -0.39 is 7.82 Å². The lowest BCUT2D eigenvalue weighted by molar-refractivity contribution is -0.223. The predicted molar refractivity (Wildman–Crippen MR) is 50.9 cm³/mol. The van der Waals surface area contributed by atoms with Crippen LogP contribution in [0, 0.1) is 0 Å². The van der Waals surface area contributed by atoms with Crippen molar-refractivity contribution in [2.24, 2.45) is 0 Å². The first-order valence-corrected chi connectivity index (χ1v) is 6.17. The van der Waals surface area contributed by atoms with E-state index >= 15 is 0 Å². The van der Waals surface area contributed by atoms with Gasteiger partial charge in [-0.3, -0.25) is 4.57 Å². The van der Waals surface area contributed by atoms with Crippen molar-refractivity contribution >= 4 is 7.82 Å². The topological polar surface area (TPSA) is 67.8 Å². The van der Waals surface area contributed by atoms with Crippen molar-refractivity contribution in [1.82, 2.24) is 0 Å². The van der Waals surface area contributed by atoms with Crippen LogP contribution in [-0.2, 0) is 18.3 Å². The molecule has 0 bridgehead atoms. The maximum absolute atomic E-state index is 10.7. The van der Waals surface area contributed by atoms with E-state index in [-0.39, 0.29) is 6.61 Å². The fraction of sp³-hybridized carbons (Fsp3) is 1.00. The lowest BCUT2D eigenvalue weighted by atomic mass is 10.2. The second-order valence-corrected chi connectivity index (χ2v) is 4.24. The van der Waals surface area contributed by atoms with Gasteiger partial charge < -0.3 is 18.7 Å². The highest BCUT2D eigenvalue weighted by Gasteiger charge is 2.04. The highest BCUT2D eigenvalue weighted by molar-refractivity contribution is 7.45. The zero-order valence-electron chi connectivity index (χ0n) is 8.73. The summed E-state index contributed by atoms with van der Waals surface area (Å²) in [6.45, 7) is 3.56. The van der Waals surface area contributed by atoms with Gasteiger partial charge in [0.05, 0.1) is 6.61 Å². The van der Waals surface area contributed by atoms with Crippen molar-refractivity contribution in [2.45, 2.75) is 26.2 Å². The molecule has 0 aromatic rings. The molecule has 6 heteroatoms. The monoisotopic (exact) mass is 225 g/mol. The molecule has 0 aliphatic rings. The molecule has 14 heavy (non-hydrogen) atoms. The molecular weight excluding hydrogens is 207 g/mol. The van der Waals surface area contributed by atoms with Gasteiger partial charge in [-0.05, 0) is 26.2 Å². The Bertz CT molecular complexity index is 173. The third kappa shape index (κ3) is 8.66. The van der Waals surface area contributed by atoms with Crippen LogP contribution in [0.4, 0.5) is 0 Å². The van der Waals surface area contributed by atoms with E-state index in [1.807, 2.05) is 6.92 Å². The molecule has 1 unspecified atom stereocenters. The Morgan fingerprint density at radius 2 is 1.86 bits per heavy atom. The van der Waals surface area contributed by atoms with Crippen LogP contribution < -0.4 is 4.89 Å². The average molecular weight is 225 g/mol. The zero-order chi connectivity index (χ0) is 10.9. The van der Waals surface area contributed by atoms with Crippen LogP contribution in [0.5, 0.6) is 0 Å². The van der Waals surface area contributed by atoms with Gasteiger partial charge in [-0.2, -0.15) is 0 Å². The fourth-order valence-electron chi connectivity index (χ4n) is 0.856. The third-order valence-corrected chi connectivity index (χ3v) is 2.56. The van der Waals surface area contributed by atoms with E-state index in [0.717, 1.165) is 33.2 Å². The number of phosphoric acid groups is 1. The highest BCUT2D eigenvalue weighted by atomic mass is 31.2. The number of phosphoric ester groups is 1. The Morgan fingerprint density at radius 3 is 2.43 bits per heavy atom. The fourth-order valence-corrected chi connectivity index (χ4v) is 1.31. The molecule has 0 aromatic heterocycles. The number of unbranched alkanes of at least 4 members (excludes halogenated alkanes) is 2. The van der Waals surface area contributed by atoms with Crippen LogP contribution in [0.3, 0.4) is 0 Å². The minimum absolute atomic E-state index is 0.181. The molecule has 0 aromatic carbocycles. The summed E-state index contributed by atoms with van der Waals surface area (Å²) in [5, 5.41) is 0. The summed E-state index contributed by atoms with van der Waals surface area (Å²) >= 11 is 0. The summed E-state index contributed by atoms with van der Waals surface area (Å²) in [6, 6.07) is 0. The van der Waals surface area contributed by atoms with Crippen LogP contribution in [0.1, 0.15) is 26.2 Å². The SMILES string of the molecule is CCOCCCCCOP(=O)([O-])OC. The molecule has 1 atom stereocenters. The van der Waals surface area contributed by atoms with E-state index in [0.29, 0.717) is 6.42 Å². The first-order valence-electron chi connectivity index (χ1n) is 4.71. The number of hydrogen-bond donors (Lipinski definition) is 0. The van der Waals surface area contributed by atoms with Crippen molar-refractivity contribution in [1.29, 1.82) is 0 Å². The molecule has 0 spiro atoms. The zero-order valence-corrected chi connectivity index (χ0v) is 9.63. The van der Waals surface area contributed by atoms with E-state index in [4.69, 9.17) is 4.74 Å². The standard InChI is InChI=1S/C8H19O5P/c1-3-12-7-5-4-6-8-13-14(9,10)11-2/h3-8H2,1-2H3,(H,9,10)/p-1. The molecule has 0 N–H and O–H groups in total. The van der Waals surface area contributed by atoms with E-state index in [1.54, 1.807) is 0 Å². The van der Waals surface area contributed by atoms with Gasteiger partial charge in [-0.15, -0.1) is 0 Å². The van der Waals surface area contributed by atoms with Gasteiger partial charge in [0, 0.05) is 20.3 Å². The highest BCUT2D eigenvalue weighted by Crippen LogP contribution is 2.36. The normalized spacial score (nSPS) is 15.4. The number of ether oxygens (including phenoxy) is 1. The molecule has 0 saturated heterocycles. The first-order chi connectivity index (χ1) is 6.62. The number of hydrogen-bond acceptors (Lipinski definition) is 5. The van der Waals surface area contributed by atoms with Gasteiger partial charge in [-0.25, -0.2) is 0 Å². The van der Waals surface area contributed by atoms with Crippen LogP contribution in [-0.4, -0.2) is 26.9 Å².